The van der Waals surface area contributed by atoms with Crippen LogP contribution in [-0.4, -0.2) is 42.1 Å². The number of amides is 1. The van der Waals surface area contributed by atoms with Crippen molar-refractivity contribution >= 4 is 40.9 Å². The molecule has 2 aromatic rings. The van der Waals surface area contributed by atoms with Crippen LogP contribution >= 0.6 is 11.6 Å². The molecule has 1 aromatic carbocycles. The van der Waals surface area contributed by atoms with Gasteiger partial charge in [-0.15, -0.1) is 0 Å². The molecule has 1 atom stereocenters. The lowest BCUT2D eigenvalue weighted by Crippen LogP contribution is -2.62. The van der Waals surface area contributed by atoms with E-state index in [-0.39, 0.29) is 13.2 Å². The van der Waals surface area contributed by atoms with Crippen molar-refractivity contribution in [2.75, 3.05) is 13.2 Å². The molecule has 1 aromatic heterocycles. The molecule has 26 heavy (non-hydrogen) atoms. The lowest BCUT2D eigenvalue weighted by atomic mass is 9.80. The number of para-hydroxylation sites is 1. The summed E-state index contributed by atoms with van der Waals surface area (Å²) in [6, 6.07) is 5.30. The third-order valence-electron chi connectivity index (χ3n) is 4.29. The Kier molecular flexibility index (Phi) is 6.26. The molecule has 0 aliphatic rings. The van der Waals surface area contributed by atoms with E-state index in [1.807, 2.05) is 6.07 Å². The number of ether oxygens (including phenoxy) is 2. The average Bonchev–Trinajstić information content (AvgIpc) is 3.04. The molecule has 0 radical (unpaired) electrons. The molecule has 2 N–H and O–H groups in total. The highest BCUT2D eigenvalue weighted by molar-refractivity contribution is 6.35. The van der Waals surface area contributed by atoms with E-state index in [1.54, 1.807) is 39.1 Å². The summed E-state index contributed by atoms with van der Waals surface area (Å²) in [5.41, 5.74) is -0.715. The highest BCUT2D eigenvalue weighted by Crippen LogP contribution is 2.36. The van der Waals surface area contributed by atoms with Gasteiger partial charge in [-0.2, -0.15) is 0 Å². The van der Waals surface area contributed by atoms with Gasteiger partial charge in [0.05, 0.1) is 23.8 Å². The van der Waals surface area contributed by atoms with Crippen LogP contribution in [0.25, 0.3) is 10.9 Å². The number of aromatic nitrogens is 1. The molecular weight excluding hydrogens is 360 g/mol. The van der Waals surface area contributed by atoms with Crippen molar-refractivity contribution in [3.63, 3.8) is 0 Å². The number of nitrogens with one attached hydrogen (secondary N) is 2. The van der Waals surface area contributed by atoms with Crippen molar-refractivity contribution in [3.8, 4) is 0 Å². The minimum absolute atomic E-state index is 0.0486. The summed E-state index contributed by atoms with van der Waals surface area (Å²) in [5, 5.41) is 3.59. The molecule has 8 heteroatoms. The summed E-state index contributed by atoms with van der Waals surface area (Å²) < 4.78 is 10.2. The number of aromatic amines is 1. The van der Waals surface area contributed by atoms with Crippen LogP contribution in [0.5, 0.6) is 0 Å². The molecule has 2 rings (SSSR count). The van der Waals surface area contributed by atoms with Crippen LogP contribution in [0.4, 0.5) is 0 Å². The standard InChI is InChI=1S/C18H21ClN2O5/c1-4-25-16(23)18(21-10-22,17(24)26-5-2)11(3)13-9-20-15-12(13)7-6-8-14(15)19/h6-11,20H,4-5H2,1-3H3,(H,21,22). The van der Waals surface area contributed by atoms with E-state index in [4.69, 9.17) is 21.1 Å². The topological polar surface area (TPSA) is 97.5 Å². The highest BCUT2D eigenvalue weighted by Gasteiger charge is 2.54. The van der Waals surface area contributed by atoms with Gasteiger partial charge in [0.2, 0.25) is 11.9 Å². The Morgan fingerprint density at radius 2 is 1.88 bits per heavy atom. The molecule has 1 amide bonds. The molecule has 7 nitrogen and oxygen atoms in total. The van der Waals surface area contributed by atoms with E-state index in [0.717, 1.165) is 5.39 Å². The van der Waals surface area contributed by atoms with Gasteiger partial charge in [-0.1, -0.05) is 30.7 Å². The second-order valence-corrected chi connectivity index (χ2v) is 6.05. The zero-order valence-electron chi connectivity index (χ0n) is 14.8. The second-order valence-electron chi connectivity index (χ2n) is 5.64. The van der Waals surface area contributed by atoms with Gasteiger partial charge in [-0.05, 0) is 25.5 Å². The van der Waals surface area contributed by atoms with Crippen LogP contribution in [0.2, 0.25) is 5.02 Å². The van der Waals surface area contributed by atoms with E-state index in [2.05, 4.69) is 10.3 Å². The number of carbonyl (C=O) groups excluding carboxylic acids is 3. The lowest BCUT2D eigenvalue weighted by Gasteiger charge is -2.33. The molecule has 1 unspecified atom stereocenters. The summed E-state index contributed by atoms with van der Waals surface area (Å²) in [4.78, 5) is 39.8. The Balaban J connectivity index is 2.65. The molecular formula is C18H21ClN2O5. The zero-order valence-corrected chi connectivity index (χ0v) is 15.6. The van der Waals surface area contributed by atoms with E-state index in [1.165, 1.54) is 0 Å². The maximum atomic E-state index is 12.7. The minimum atomic E-state index is -2.01. The summed E-state index contributed by atoms with van der Waals surface area (Å²) in [6.07, 6.45) is 1.95. The van der Waals surface area contributed by atoms with Crippen molar-refractivity contribution < 1.29 is 23.9 Å². The van der Waals surface area contributed by atoms with Gasteiger partial charge in [0.25, 0.3) is 0 Å². The number of fused-ring (bicyclic) bond motifs is 1. The van der Waals surface area contributed by atoms with Gasteiger partial charge in [0.1, 0.15) is 0 Å². The Morgan fingerprint density at radius 3 is 2.42 bits per heavy atom. The molecule has 0 fully saturated rings. The molecule has 0 saturated carbocycles. The van der Waals surface area contributed by atoms with E-state index < -0.39 is 23.4 Å². The van der Waals surface area contributed by atoms with E-state index in [0.29, 0.717) is 22.5 Å². The molecule has 0 aliphatic carbocycles. The van der Waals surface area contributed by atoms with Crippen molar-refractivity contribution in [2.24, 2.45) is 0 Å². The fraction of sp³-hybridized carbons (Fsp3) is 0.389. The third kappa shape index (κ3) is 3.26. The fourth-order valence-electron chi connectivity index (χ4n) is 2.99. The molecule has 0 spiro atoms. The molecule has 0 bridgehead atoms. The van der Waals surface area contributed by atoms with Crippen LogP contribution in [0.3, 0.4) is 0 Å². The second kappa shape index (κ2) is 8.23. The summed E-state index contributed by atoms with van der Waals surface area (Å²) in [7, 11) is 0. The first kappa shape index (κ1) is 19.8. The fourth-order valence-corrected chi connectivity index (χ4v) is 3.22. The van der Waals surface area contributed by atoms with Crippen LogP contribution in [-0.2, 0) is 23.9 Å². The Bertz CT molecular complexity index is 799. The maximum Gasteiger partial charge on any atom is 0.344 e. The van der Waals surface area contributed by atoms with Gasteiger partial charge in [-0.25, -0.2) is 9.59 Å². The zero-order chi connectivity index (χ0) is 19.3. The van der Waals surface area contributed by atoms with Crippen LogP contribution in [0, 0.1) is 0 Å². The number of halogens is 1. The normalized spacial score (nSPS) is 12.5. The molecule has 0 saturated heterocycles. The quantitative estimate of drug-likeness (QED) is 0.416. The van der Waals surface area contributed by atoms with E-state index >= 15 is 0 Å². The summed E-state index contributed by atoms with van der Waals surface area (Å²) in [5.74, 6) is -2.54. The maximum absolute atomic E-state index is 12.7. The first-order chi connectivity index (χ1) is 12.4. The number of benzene rings is 1. The third-order valence-corrected chi connectivity index (χ3v) is 4.61. The van der Waals surface area contributed by atoms with Gasteiger partial charge < -0.3 is 19.8 Å². The van der Waals surface area contributed by atoms with Crippen LogP contribution in [0.1, 0.15) is 32.3 Å². The highest BCUT2D eigenvalue weighted by atomic mass is 35.5. The number of rotatable bonds is 8. The number of H-pyrrole nitrogens is 1. The predicted octanol–water partition coefficient (Wildman–Crippen LogP) is 2.54. The van der Waals surface area contributed by atoms with Gasteiger partial charge in [-0.3, -0.25) is 4.79 Å². The largest absolute Gasteiger partial charge is 0.464 e. The first-order valence-corrected chi connectivity index (χ1v) is 8.63. The SMILES string of the molecule is CCOC(=O)C(NC=O)(C(=O)OCC)C(C)c1c[nH]c2c(Cl)cccc12. The average molecular weight is 381 g/mol. The van der Waals surface area contributed by atoms with Crippen LogP contribution in [0.15, 0.2) is 24.4 Å². The van der Waals surface area contributed by atoms with Crippen molar-refractivity contribution in [3.05, 3.63) is 35.0 Å². The number of hydrogen-bond acceptors (Lipinski definition) is 5. The van der Waals surface area contributed by atoms with Crippen molar-refractivity contribution in [2.45, 2.75) is 32.2 Å². The van der Waals surface area contributed by atoms with E-state index in [9.17, 15) is 14.4 Å². The van der Waals surface area contributed by atoms with Crippen molar-refractivity contribution in [1.29, 1.82) is 0 Å². The summed E-state index contributed by atoms with van der Waals surface area (Å²) >= 11 is 6.19. The minimum Gasteiger partial charge on any atom is -0.464 e. The number of carbonyl (C=O) groups is 3. The molecule has 1 heterocycles. The number of esters is 2. The monoisotopic (exact) mass is 380 g/mol. The number of hydrogen-bond donors (Lipinski definition) is 2. The predicted molar refractivity (Wildman–Crippen MR) is 96.9 cm³/mol. The molecule has 0 aliphatic heterocycles. The Morgan fingerprint density at radius 1 is 1.27 bits per heavy atom. The lowest BCUT2D eigenvalue weighted by molar-refractivity contribution is -0.168. The Labute approximate surface area is 156 Å². The van der Waals surface area contributed by atoms with Crippen LogP contribution < -0.4 is 5.32 Å². The Hall–Kier alpha value is -2.54. The summed E-state index contributed by atoms with van der Waals surface area (Å²) in [6.45, 7) is 4.98. The van der Waals surface area contributed by atoms with Gasteiger partial charge >= 0.3 is 11.9 Å². The smallest absolute Gasteiger partial charge is 0.344 e. The van der Waals surface area contributed by atoms with Gasteiger partial charge in [0, 0.05) is 17.5 Å². The molecule has 140 valence electrons. The van der Waals surface area contributed by atoms with Gasteiger partial charge in [0.15, 0.2) is 0 Å². The first-order valence-electron chi connectivity index (χ1n) is 8.25. The van der Waals surface area contributed by atoms with Crippen molar-refractivity contribution in [1.82, 2.24) is 10.3 Å².